The van der Waals surface area contributed by atoms with Crippen molar-refractivity contribution in [2.75, 3.05) is 0 Å². The van der Waals surface area contributed by atoms with Crippen LogP contribution < -0.4 is 10.7 Å². The van der Waals surface area contributed by atoms with Gasteiger partial charge in [0.05, 0.1) is 21.5 Å². The maximum atomic E-state index is 12.7. The number of sulfonamides is 1. The van der Waals surface area contributed by atoms with Crippen LogP contribution in [0.25, 0.3) is 16.6 Å². The highest BCUT2D eigenvalue weighted by Crippen LogP contribution is 2.15. The molecule has 0 aliphatic heterocycles. The fraction of sp³-hybridized carbons (Fsp3) is 0. The van der Waals surface area contributed by atoms with Gasteiger partial charge in [0.15, 0.2) is 0 Å². The number of aromatic carboxylic acids is 1. The van der Waals surface area contributed by atoms with E-state index in [4.69, 9.17) is 5.14 Å². The average Bonchev–Trinajstić information content (AvgIpc) is 2.54. The standard InChI is InChI=1S/C15H11N3O5S/c16-24(22,23)10-7-5-9(6-8-10)18-13(15(20)21)17-12-4-2-1-3-11(12)14(18)19/h1-8H,(H,20,21)(H2,16,22,23). The molecule has 0 amide bonds. The number of primary sulfonamides is 1. The molecular formula is C15H11N3O5S. The molecule has 0 saturated carbocycles. The summed E-state index contributed by atoms with van der Waals surface area (Å²) in [6.07, 6.45) is 0. The fourth-order valence-corrected chi connectivity index (χ4v) is 2.82. The van der Waals surface area contributed by atoms with Gasteiger partial charge in [0.25, 0.3) is 5.56 Å². The zero-order valence-electron chi connectivity index (χ0n) is 12.1. The van der Waals surface area contributed by atoms with E-state index in [-0.39, 0.29) is 21.5 Å². The lowest BCUT2D eigenvalue weighted by Crippen LogP contribution is -2.26. The molecule has 1 aromatic heterocycles. The van der Waals surface area contributed by atoms with Gasteiger partial charge in [-0.1, -0.05) is 12.1 Å². The Balaban J connectivity index is 2.32. The second-order valence-corrected chi connectivity index (χ2v) is 6.50. The zero-order valence-corrected chi connectivity index (χ0v) is 12.9. The number of nitrogens with zero attached hydrogens (tertiary/aromatic N) is 2. The van der Waals surface area contributed by atoms with Gasteiger partial charge < -0.3 is 5.11 Å². The van der Waals surface area contributed by atoms with E-state index in [1.165, 1.54) is 36.4 Å². The fourth-order valence-electron chi connectivity index (χ4n) is 2.30. The van der Waals surface area contributed by atoms with E-state index >= 15 is 0 Å². The summed E-state index contributed by atoms with van der Waals surface area (Å²) >= 11 is 0. The SMILES string of the molecule is NS(=O)(=O)c1ccc(-n2c(C(=O)O)nc3ccccc3c2=O)cc1. The molecule has 1 heterocycles. The van der Waals surface area contributed by atoms with Gasteiger partial charge in [0, 0.05) is 0 Å². The van der Waals surface area contributed by atoms with Crippen molar-refractivity contribution in [2.24, 2.45) is 5.14 Å². The lowest BCUT2D eigenvalue weighted by atomic mass is 10.2. The highest BCUT2D eigenvalue weighted by Gasteiger charge is 2.18. The van der Waals surface area contributed by atoms with E-state index in [0.29, 0.717) is 0 Å². The minimum absolute atomic E-state index is 0.148. The van der Waals surface area contributed by atoms with Gasteiger partial charge in [0.1, 0.15) is 0 Å². The number of carbonyl (C=O) groups is 1. The van der Waals surface area contributed by atoms with Crippen LogP contribution in [0.15, 0.2) is 58.2 Å². The Morgan fingerprint density at radius 3 is 2.29 bits per heavy atom. The van der Waals surface area contributed by atoms with Gasteiger partial charge in [-0.05, 0) is 36.4 Å². The predicted octanol–water partition coefficient (Wildman–Crippen LogP) is 0.731. The van der Waals surface area contributed by atoms with Crippen LogP contribution in [0.3, 0.4) is 0 Å². The molecule has 0 aliphatic rings. The van der Waals surface area contributed by atoms with Crippen LogP contribution in [-0.2, 0) is 10.0 Å². The Hall–Kier alpha value is -3.04. The first kappa shape index (κ1) is 15.8. The molecule has 0 aliphatic carbocycles. The normalized spacial score (nSPS) is 11.5. The van der Waals surface area contributed by atoms with Crippen molar-refractivity contribution in [3.63, 3.8) is 0 Å². The summed E-state index contributed by atoms with van der Waals surface area (Å²) < 4.78 is 23.5. The number of benzene rings is 2. The molecule has 0 radical (unpaired) electrons. The summed E-state index contributed by atoms with van der Waals surface area (Å²) in [6, 6.07) is 11.3. The van der Waals surface area contributed by atoms with E-state index in [9.17, 15) is 23.1 Å². The monoisotopic (exact) mass is 345 g/mol. The van der Waals surface area contributed by atoms with Gasteiger partial charge in [0.2, 0.25) is 15.8 Å². The van der Waals surface area contributed by atoms with Crippen molar-refractivity contribution in [3.8, 4) is 5.69 Å². The number of carboxylic acid groups (broad SMARTS) is 1. The Morgan fingerprint density at radius 1 is 1.08 bits per heavy atom. The van der Waals surface area contributed by atoms with Crippen molar-refractivity contribution in [1.29, 1.82) is 0 Å². The van der Waals surface area contributed by atoms with Crippen LogP contribution >= 0.6 is 0 Å². The Bertz CT molecular complexity index is 1120. The topological polar surface area (TPSA) is 132 Å². The smallest absolute Gasteiger partial charge is 0.372 e. The molecule has 9 heteroatoms. The first-order valence-electron chi connectivity index (χ1n) is 6.67. The molecule has 3 rings (SSSR count). The third-order valence-electron chi connectivity index (χ3n) is 3.39. The van der Waals surface area contributed by atoms with Crippen LogP contribution in [0, 0.1) is 0 Å². The van der Waals surface area contributed by atoms with E-state index in [1.54, 1.807) is 12.1 Å². The minimum atomic E-state index is -3.89. The molecule has 0 bridgehead atoms. The minimum Gasteiger partial charge on any atom is -0.475 e. The van der Waals surface area contributed by atoms with Gasteiger partial charge in [-0.3, -0.25) is 9.36 Å². The maximum absolute atomic E-state index is 12.7. The molecule has 122 valence electrons. The largest absolute Gasteiger partial charge is 0.475 e. The summed E-state index contributed by atoms with van der Waals surface area (Å²) in [5.41, 5.74) is -0.137. The summed E-state index contributed by atoms with van der Waals surface area (Å²) in [5.74, 6) is -1.85. The number of rotatable bonds is 3. The summed E-state index contributed by atoms with van der Waals surface area (Å²) in [7, 11) is -3.89. The molecule has 0 unspecified atom stereocenters. The molecule has 8 nitrogen and oxygen atoms in total. The molecule has 0 atom stereocenters. The Morgan fingerprint density at radius 2 is 1.71 bits per heavy atom. The van der Waals surface area contributed by atoms with E-state index in [1.807, 2.05) is 0 Å². The highest BCUT2D eigenvalue weighted by molar-refractivity contribution is 7.89. The number of aromatic nitrogens is 2. The first-order chi connectivity index (χ1) is 11.3. The summed E-state index contributed by atoms with van der Waals surface area (Å²) in [5, 5.41) is 14.6. The average molecular weight is 345 g/mol. The van der Waals surface area contributed by atoms with Gasteiger partial charge in [-0.15, -0.1) is 0 Å². The summed E-state index contributed by atoms with van der Waals surface area (Å²) in [4.78, 5) is 28.0. The lowest BCUT2D eigenvalue weighted by molar-refractivity contribution is 0.0680. The summed E-state index contributed by atoms with van der Waals surface area (Å²) in [6.45, 7) is 0. The lowest BCUT2D eigenvalue weighted by Gasteiger charge is -2.11. The predicted molar refractivity (Wildman–Crippen MR) is 85.7 cm³/mol. The molecule has 0 spiro atoms. The highest BCUT2D eigenvalue weighted by atomic mass is 32.2. The maximum Gasteiger partial charge on any atom is 0.372 e. The van der Waals surface area contributed by atoms with Crippen LogP contribution in [0.5, 0.6) is 0 Å². The van der Waals surface area contributed by atoms with Crippen molar-refractivity contribution < 1.29 is 18.3 Å². The van der Waals surface area contributed by atoms with Crippen LogP contribution in [0.1, 0.15) is 10.6 Å². The number of hydrogen-bond acceptors (Lipinski definition) is 5. The third kappa shape index (κ3) is 2.66. The Kier molecular flexibility index (Phi) is 3.66. The molecule has 3 N–H and O–H groups in total. The van der Waals surface area contributed by atoms with Crippen LogP contribution in [0.2, 0.25) is 0 Å². The number of hydrogen-bond donors (Lipinski definition) is 2. The van der Waals surface area contributed by atoms with Gasteiger partial charge in [-0.25, -0.2) is 23.3 Å². The quantitative estimate of drug-likeness (QED) is 0.719. The van der Waals surface area contributed by atoms with Gasteiger partial charge >= 0.3 is 5.97 Å². The second-order valence-electron chi connectivity index (χ2n) is 4.94. The van der Waals surface area contributed by atoms with Gasteiger partial charge in [-0.2, -0.15) is 0 Å². The van der Waals surface area contributed by atoms with Crippen molar-refractivity contribution in [2.45, 2.75) is 4.90 Å². The Labute approximate surface area is 135 Å². The molecule has 0 fully saturated rings. The number of carboxylic acids is 1. The second kappa shape index (κ2) is 5.55. The molecule has 2 aromatic carbocycles. The number of nitrogens with two attached hydrogens (primary N) is 1. The van der Waals surface area contributed by atoms with Crippen LogP contribution in [-0.4, -0.2) is 29.0 Å². The van der Waals surface area contributed by atoms with E-state index < -0.39 is 27.4 Å². The molecule has 3 aromatic rings. The van der Waals surface area contributed by atoms with E-state index in [2.05, 4.69) is 4.98 Å². The first-order valence-corrected chi connectivity index (χ1v) is 8.22. The number of para-hydroxylation sites is 1. The molecular weight excluding hydrogens is 334 g/mol. The molecule has 0 saturated heterocycles. The van der Waals surface area contributed by atoms with Crippen LogP contribution in [0.4, 0.5) is 0 Å². The van der Waals surface area contributed by atoms with Crippen molar-refractivity contribution >= 4 is 26.9 Å². The van der Waals surface area contributed by atoms with Crippen molar-refractivity contribution in [3.05, 3.63) is 64.7 Å². The third-order valence-corrected chi connectivity index (χ3v) is 4.32. The van der Waals surface area contributed by atoms with Crippen molar-refractivity contribution in [1.82, 2.24) is 9.55 Å². The zero-order chi connectivity index (χ0) is 17.5. The number of fused-ring (bicyclic) bond motifs is 1. The molecule has 24 heavy (non-hydrogen) atoms. The van der Waals surface area contributed by atoms with E-state index in [0.717, 1.165) is 4.57 Å².